The van der Waals surface area contributed by atoms with Crippen molar-refractivity contribution in [1.82, 2.24) is 10.2 Å². The fraction of sp³-hybridized carbons (Fsp3) is 0.462. The first kappa shape index (κ1) is 10.9. The number of nitrogens with one attached hydrogen (secondary N) is 1. The lowest BCUT2D eigenvalue weighted by atomic mass is 9.98. The van der Waals surface area contributed by atoms with Crippen LogP contribution >= 0.6 is 11.6 Å². The van der Waals surface area contributed by atoms with E-state index in [9.17, 15) is 0 Å². The third kappa shape index (κ3) is 1.89. The molecule has 0 aliphatic heterocycles. The van der Waals surface area contributed by atoms with Crippen LogP contribution in [-0.4, -0.2) is 10.2 Å². The average Bonchev–Trinajstić information content (AvgIpc) is 3.09. The molecule has 90 valence electrons. The molecule has 1 N–H and O–H groups in total. The zero-order valence-corrected chi connectivity index (χ0v) is 10.3. The summed E-state index contributed by atoms with van der Waals surface area (Å²) >= 11 is 6.08. The zero-order chi connectivity index (χ0) is 11.7. The summed E-state index contributed by atoms with van der Waals surface area (Å²) in [5.41, 5.74) is 4.31. The molecule has 0 bridgehead atoms. The lowest BCUT2D eigenvalue weighted by Gasteiger charge is -2.08. The highest BCUT2D eigenvalue weighted by atomic mass is 35.5. The monoisotopic (exact) mass is 250 g/mol. The standard InChI is InChI=1S/C13H15ClN2O/c14-7-11-12(9-3-1-2-4-9)15-16-13(11)10-5-6-17-8-10/h5-6,8-9H,1-4,7H2,(H,15,16). The van der Waals surface area contributed by atoms with Gasteiger partial charge in [-0.25, -0.2) is 0 Å². The van der Waals surface area contributed by atoms with Crippen LogP contribution < -0.4 is 0 Å². The van der Waals surface area contributed by atoms with Gasteiger partial charge in [-0.3, -0.25) is 5.10 Å². The summed E-state index contributed by atoms with van der Waals surface area (Å²) in [7, 11) is 0. The Labute approximate surface area is 105 Å². The molecule has 0 radical (unpaired) electrons. The number of hydrogen-bond acceptors (Lipinski definition) is 2. The Balaban J connectivity index is 2.00. The Morgan fingerprint density at radius 1 is 1.41 bits per heavy atom. The molecule has 17 heavy (non-hydrogen) atoms. The van der Waals surface area contributed by atoms with Crippen molar-refractivity contribution in [2.24, 2.45) is 0 Å². The second-order valence-corrected chi connectivity index (χ2v) is 4.86. The van der Waals surface area contributed by atoms with Crippen molar-refractivity contribution in [3.63, 3.8) is 0 Å². The maximum atomic E-state index is 6.08. The molecular formula is C13H15ClN2O. The molecule has 2 aromatic heterocycles. The van der Waals surface area contributed by atoms with Gasteiger partial charge in [0.15, 0.2) is 0 Å². The highest BCUT2D eigenvalue weighted by Gasteiger charge is 2.24. The molecular weight excluding hydrogens is 236 g/mol. The summed E-state index contributed by atoms with van der Waals surface area (Å²) in [5, 5.41) is 7.58. The van der Waals surface area contributed by atoms with E-state index in [0.29, 0.717) is 11.8 Å². The molecule has 2 heterocycles. The van der Waals surface area contributed by atoms with Crippen LogP contribution in [0.25, 0.3) is 11.3 Å². The zero-order valence-electron chi connectivity index (χ0n) is 9.58. The Morgan fingerprint density at radius 2 is 2.24 bits per heavy atom. The maximum Gasteiger partial charge on any atom is 0.0999 e. The minimum Gasteiger partial charge on any atom is -0.472 e. The van der Waals surface area contributed by atoms with Gasteiger partial charge in [-0.05, 0) is 18.9 Å². The van der Waals surface area contributed by atoms with Crippen LogP contribution in [0.1, 0.15) is 42.9 Å². The minimum atomic E-state index is 0.503. The molecule has 1 aliphatic carbocycles. The summed E-state index contributed by atoms with van der Waals surface area (Å²) in [4.78, 5) is 0. The first-order valence-corrected chi connectivity index (χ1v) is 6.59. The third-order valence-corrected chi connectivity index (χ3v) is 3.86. The molecule has 1 aliphatic rings. The van der Waals surface area contributed by atoms with Gasteiger partial charge in [0, 0.05) is 22.7 Å². The van der Waals surface area contributed by atoms with E-state index < -0.39 is 0 Å². The first-order valence-electron chi connectivity index (χ1n) is 6.06. The number of alkyl halides is 1. The molecule has 3 nitrogen and oxygen atoms in total. The highest BCUT2D eigenvalue weighted by molar-refractivity contribution is 6.17. The predicted molar refractivity (Wildman–Crippen MR) is 67.1 cm³/mol. The Hall–Kier alpha value is -1.22. The van der Waals surface area contributed by atoms with Crippen molar-refractivity contribution < 1.29 is 4.42 Å². The molecule has 1 fully saturated rings. The fourth-order valence-electron chi connectivity index (χ4n) is 2.70. The van der Waals surface area contributed by atoms with Gasteiger partial charge >= 0.3 is 0 Å². The summed E-state index contributed by atoms with van der Waals surface area (Å²) in [6.45, 7) is 0. The molecule has 3 rings (SSSR count). The number of H-pyrrole nitrogens is 1. The minimum absolute atomic E-state index is 0.503. The normalized spacial score (nSPS) is 16.8. The maximum absolute atomic E-state index is 6.08. The van der Waals surface area contributed by atoms with Gasteiger partial charge in [-0.1, -0.05) is 12.8 Å². The Bertz CT molecular complexity index is 483. The molecule has 0 atom stereocenters. The summed E-state index contributed by atoms with van der Waals surface area (Å²) in [5.74, 6) is 1.11. The Morgan fingerprint density at radius 3 is 2.88 bits per heavy atom. The number of halogens is 1. The predicted octanol–water partition coefficient (Wildman–Crippen LogP) is 4.07. The van der Waals surface area contributed by atoms with Gasteiger partial charge in [0.05, 0.1) is 24.1 Å². The number of aromatic nitrogens is 2. The van der Waals surface area contributed by atoms with E-state index in [1.165, 1.54) is 31.4 Å². The molecule has 0 unspecified atom stereocenters. The van der Waals surface area contributed by atoms with E-state index in [4.69, 9.17) is 16.0 Å². The summed E-state index contributed by atoms with van der Waals surface area (Å²) in [6, 6.07) is 1.92. The van der Waals surface area contributed by atoms with E-state index in [2.05, 4.69) is 10.2 Å². The summed E-state index contributed by atoms with van der Waals surface area (Å²) in [6.07, 6.45) is 8.49. The van der Waals surface area contributed by atoms with Gasteiger partial charge < -0.3 is 4.42 Å². The number of aromatic amines is 1. The molecule has 0 amide bonds. The second kappa shape index (κ2) is 4.57. The lowest BCUT2D eigenvalue weighted by molar-refractivity contribution is 0.568. The molecule has 0 saturated heterocycles. The second-order valence-electron chi connectivity index (χ2n) is 4.59. The quantitative estimate of drug-likeness (QED) is 0.835. The van der Waals surface area contributed by atoms with Crippen molar-refractivity contribution in [3.05, 3.63) is 29.9 Å². The molecule has 4 heteroatoms. The van der Waals surface area contributed by atoms with Gasteiger partial charge in [-0.15, -0.1) is 11.6 Å². The van der Waals surface area contributed by atoms with Crippen LogP contribution in [0.5, 0.6) is 0 Å². The molecule has 2 aromatic rings. The van der Waals surface area contributed by atoms with Crippen LogP contribution in [0.15, 0.2) is 23.0 Å². The van der Waals surface area contributed by atoms with Crippen molar-refractivity contribution >= 4 is 11.6 Å². The van der Waals surface area contributed by atoms with Gasteiger partial charge in [0.2, 0.25) is 0 Å². The summed E-state index contributed by atoms with van der Waals surface area (Å²) < 4.78 is 5.11. The van der Waals surface area contributed by atoms with Gasteiger partial charge in [0.25, 0.3) is 0 Å². The molecule has 1 saturated carbocycles. The topological polar surface area (TPSA) is 41.8 Å². The SMILES string of the molecule is ClCc1c(-c2ccoc2)n[nH]c1C1CCCC1. The number of nitrogens with zero attached hydrogens (tertiary/aromatic N) is 1. The average molecular weight is 251 g/mol. The van der Waals surface area contributed by atoms with Crippen molar-refractivity contribution in [3.8, 4) is 11.3 Å². The van der Waals surface area contributed by atoms with E-state index in [0.717, 1.165) is 16.8 Å². The fourth-order valence-corrected chi connectivity index (χ4v) is 2.97. The highest BCUT2D eigenvalue weighted by Crippen LogP contribution is 2.38. The first-order chi connectivity index (χ1) is 8.40. The van der Waals surface area contributed by atoms with Crippen LogP contribution in [0.4, 0.5) is 0 Å². The van der Waals surface area contributed by atoms with E-state index in [1.54, 1.807) is 12.5 Å². The van der Waals surface area contributed by atoms with Crippen LogP contribution in [0.2, 0.25) is 0 Å². The van der Waals surface area contributed by atoms with Crippen LogP contribution in [-0.2, 0) is 5.88 Å². The lowest BCUT2D eigenvalue weighted by Crippen LogP contribution is -1.96. The van der Waals surface area contributed by atoms with Crippen LogP contribution in [0, 0.1) is 0 Å². The van der Waals surface area contributed by atoms with Crippen LogP contribution in [0.3, 0.4) is 0 Å². The third-order valence-electron chi connectivity index (χ3n) is 3.59. The molecule has 0 spiro atoms. The van der Waals surface area contributed by atoms with Crippen molar-refractivity contribution in [2.75, 3.05) is 0 Å². The van der Waals surface area contributed by atoms with Gasteiger partial charge in [-0.2, -0.15) is 5.10 Å². The van der Waals surface area contributed by atoms with Crippen molar-refractivity contribution in [1.29, 1.82) is 0 Å². The van der Waals surface area contributed by atoms with E-state index >= 15 is 0 Å². The smallest absolute Gasteiger partial charge is 0.0999 e. The van der Waals surface area contributed by atoms with E-state index in [1.807, 2.05) is 6.07 Å². The number of hydrogen-bond donors (Lipinski definition) is 1. The largest absolute Gasteiger partial charge is 0.472 e. The van der Waals surface area contributed by atoms with Gasteiger partial charge in [0.1, 0.15) is 0 Å². The van der Waals surface area contributed by atoms with E-state index in [-0.39, 0.29) is 0 Å². The molecule has 0 aromatic carbocycles. The Kier molecular flexibility index (Phi) is 2.93. The number of furan rings is 1. The van der Waals surface area contributed by atoms with Crippen molar-refractivity contribution in [2.45, 2.75) is 37.5 Å². The number of rotatable bonds is 3.